The van der Waals surface area contributed by atoms with Gasteiger partial charge in [-0.1, -0.05) is 23.4 Å². The fourth-order valence-corrected chi connectivity index (χ4v) is 2.83. The predicted octanol–water partition coefficient (Wildman–Crippen LogP) is 4.38. The van der Waals surface area contributed by atoms with Crippen LogP contribution in [0.25, 0.3) is 22.8 Å². The summed E-state index contributed by atoms with van der Waals surface area (Å²) in [5.41, 5.74) is 1.52. The van der Waals surface area contributed by atoms with E-state index in [-0.39, 0.29) is 29.7 Å². The minimum absolute atomic E-state index is 0.0189. The molecule has 8 nitrogen and oxygen atoms in total. The van der Waals surface area contributed by atoms with Crippen molar-refractivity contribution in [3.8, 4) is 34.5 Å². The number of ether oxygens (including phenoxy) is 2. The van der Waals surface area contributed by atoms with Crippen LogP contribution in [0.3, 0.4) is 0 Å². The van der Waals surface area contributed by atoms with E-state index < -0.39 is 0 Å². The van der Waals surface area contributed by atoms with Crippen LogP contribution in [0, 0.1) is 5.82 Å². The lowest BCUT2D eigenvalue weighted by Crippen LogP contribution is -2.08. The molecule has 0 amide bonds. The molecule has 0 aliphatic rings. The summed E-state index contributed by atoms with van der Waals surface area (Å²) in [5, 5.41) is 8.30. The van der Waals surface area contributed by atoms with Crippen molar-refractivity contribution in [1.29, 1.82) is 0 Å². The van der Waals surface area contributed by atoms with Crippen LogP contribution in [-0.2, 0) is 11.5 Å². The normalized spacial score (nSPS) is 10.9. The number of nitrogens with zero attached hydrogens (tertiary/aromatic N) is 6. The van der Waals surface area contributed by atoms with Crippen LogP contribution in [0.1, 0.15) is 6.92 Å². The molecule has 4 aromatic rings. The highest BCUT2D eigenvalue weighted by Crippen LogP contribution is 2.30. The van der Waals surface area contributed by atoms with Gasteiger partial charge < -0.3 is 9.47 Å². The third-order valence-electron chi connectivity index (χ3n) is 4.02. The number of halogens is 2. The van der Waals surface area contributed by atoms with Crippen LogP contribution in [0.5, 0.6) is 11.8 Å². The van der Waals surface area contributed by atoms with Crippen LogP contribution in [0.15, 0.2) is 54.6 Å². The van der Waals surface area contributed by atoms with E-state index in [9.17, 15) is 4.39 Å². The number of rotatable bonds is 7. The minimum Gasteiger partial charge on any atom is -0.424 e. The van der Waals surface area contributed by atoms with Crippen molar-refractivity contribution < 1.29 is 13.9 Å². The van der Waals surface area contributed by atoms with E-state index in [0.29, 0.717) is 29.3 Å². The number of benzene rings is 2. The Morgan fingerprint density at radius 2 is 1.77 bits per heavy atom. The Morgan fingerprint density at radius 3 is 2.50 bits per heavy atom. The minimum atomic E-state index is -0.358. The number of para-hydroxylation sites is 1. The van der Waals surface area contributed by atoms with Crippen molar-refractivity contribution in [2.75, 3.05) is 6.61 Å². The van der Waals surface area contributed by atoms with E-state index in [1.807, 2.05) is 25.1 Å². The van der Waals surface area contributed by atoms with Gasteiger partial charge in [0, 0.05) is 12.2 Å². The third kappa shape index (κ3) is 4.42. The Kier molecular flexibility index (Phi) is 5.92. The summed E-state index contributed by atoms with van der Waals surface area (Å²) in [7, 11) is 0. The molecule has 0 radical (unpaired) electrons. The number of aromatic nitrogens is 6. The van der Waals surface area contributed by atoms with Gasteiger partial charge in [-0.25, -0.2) is 9.07 Å². The van der Waals surface area contributed by atoms with Crippen LogP contribution in [0.4, 0.5) is 4.39 Å². The summed E-state index contributed by atoms with van der Waals surface area (Å²) in [5.74, 6) is 0.388. The third-order valence-corrected chi connectivity index (χ3v) is 4.19. The molecular weight excluding hydrogens is 411 g/mol. The number of hydrogen-bond donors (Lipinski definition) is 0. The van der Waals surface area contributed by atoms with Crippen molar-refractivity contribution in [2.45, 2.75) is 13.7 Å². The molecule has 30 heavy (non-hydrogen) atoms. The summed E-state index contributed by atoms with van der Waals surface area (Å²) in [6, 6.07) is 14.9. The predicted molar refractivity (Wildman–Crippen MR) is 107 cm³/mol. The first-order valence-electron chi connectivity index (χ1n) is 9.06. The fraction of sp³-hybridized carbons (Fsp3) is 0.150. The molecule has 0 saturated carbocycles. The topological polar surface area (TPSA) is 87.8 Å². The average Bonchev–Trinajstić information content (AvgIpc) is 3.17. The summed E-state index contributed by atoms with van der Waals surface area (Å²) < 4.78 is 26.1. The molecule has 2 aromatic heterocycles. The van der Waals surface area contributed by atoms with Gasteiger partial charge in [-0.15, -0.1) is 5.10 Å². The largest absolute Gasteiger partial charge is 0.424 e. The quantitative estimate of drug-likeness (QED) is 0.433. The zero-order valence-electron chi connectivity index (χ0n) is 15.9. The lowest BCUT2D eigenvalue weighted by molar-refractivity contribution is 0.0789. The molecule has 0 bridgehead atoms. The Hall–Kier alpha value is -3.43. The molecule has 0 atom stereocenters. The first kappa shape index (κ1) is 19.9. The molecule has 0 aliphatic carbocycles. The van der Waals surface area contributed by atoms with E-state index in [4.69, 9.17) is 21.1 Å². The lowest BCUT2D eigenvalue weighted by Gasteiger charge is -2.09. The lowest BCUT2D eigenvalue weighted by atomic mass is 10.1. The molecule has 2 heterocycles. The van der Waals surface area contributed by atoms with Gasteiger partial charge in [0.25, 0.3) is 0 Å². The molecule has 0 fully saturated rings. The van der Waals surface area contributed by atoms with E-state index in [1.54, 1.807) is 24.3 Å². The summed E-state index contributed by atoms with van der Waals surface area (Å²) in [4.78, 5) is 12.6. The van der Waals surface area contributed by atoms with E-state index in [1.165, 1.54) is 16.8 Å². The molecule has 0 spiro atoms. The maximum Gasteiger partial charge on any atom is 0.326 e. The Morgan fingerprint density at radius 1 is 1.00 bits per heavy atom. The summed E-state index contributed by atoms with van der Waals surface area (Å²) in [6.07, 6.45) is 0. The first-order chi connectivity index (χ1) is 14.6. The van der Waals surface area contributed by atoms with E-state index in [0.717, 1.165) is 0 Å². The Bertz CT molecular complexity index is 1140. The van der Waals surface area contributed by atoms with Gasteiger partial charge in [0.15, 0.2) is 5.82 Å². The van der Waals surface area contributed by atoms with E-state index >= 15 is 0 Å². The second-order valence-corrected chi connectivity index (χ2v) is 6.38. The van der Waals surface area contributed by atoms with Crippen molar-refractivity contribution >= 4 is 11.6 Å². The molecule has 152 valence electrons. The Labute approximate surface area is 176 Å². The first-order valence-corrected chi connectivity index (χ1v) is 9.44. The smallest absolute Gasteiger partial charge is 0.326 e. The molecule has 0 saturated heterocycles. The highest BCUT2D eigenvalue weighted by atomic mass is 35.5. The molecule has 10 heteroatoms. The maximum absolute atomic E-state index is 13.4. The van der Waals surface area contributed by atoms with Crippen LogP contribution < -0.4 is 4.74 Å². The van der Waals surface area contributed by atoms with Crippen molar-refractivity contribution in [2.24, 2.45) is 0 Å². The van der Waals surface area contributed by atoms with Crippen LogP contribution in [0.2, 0.25) is 5.28 Å². The Balaban J connectivity index is 1.80. The van der Waals surface area contributed by atoms with Crippen LogP contribution >= 0.6 is 11.6 Å². The standard InChI is InChI=1S/C20H16ClFN6O2/c1-2-29-12-28-17(16(26-27-28)13-8-10-14(22)11-9-13)18-23-19(21)25-20(24-18)30-15-6-4-3-5-7-15/h3-11H,2,12H2,1H3. The highest BCUT2D eigenvalue weighted by molar-refractivity contribution is 6.28. The zero-order valence-corrected chi connectivity index (χ0v) is 16.6. The SMILES string of the molecule is CCOCn1nnc(-c2ccc(F)cc2)c1-c1nc(Cl)nc(Oc2ccccc2)n1. The van der Waals surface area contributed by atoms with Crippen LogP contribution in [-0.4, -0.2) is 36.6 Å². The van der Waals surface area contributed by atoms with Gasteiger partial charge in [-0.2, -0.15) is 15.0 Å². The van der Waals surface area contributed by atoms with Gasteiger partial charge in [0.1, 0.15) is 29.7 Å². The van der Waals surface area contributed by atoms with Crippen molar-refractivity contribution in [3.63, 3.8) is 0 Å². The summed E-state index contributed by atoms with van der Waals surface area (Å²) in [6.45, 7) is 2.47. The van der Waals surface area contributed by atoms with Gasteiger partial charge in [0.05, 0.1) is 0 Å². The second-order valence-electron chi connectivity index (χ2n) is 6.04. The second kappa shape index (κ2) is 8.93. The van der Waals surface area contributed by atoms with Crippen molar-refractivity contribution in [3.05, 3.63) is 65.7 Å². The van der Waals surface area contributed by atoms with Crippen molar-refractivity contribution in [1.82, 2.24) is 29.9 Å². The highest BCUT2D eigenvalue weighted by Gasteiger charge is 2.21. The molecule has 4 rings (SSSR count). The monoisotopic (exact) mass is 426 g/mol. The molecular formula is C20H16ClFN6O2. The summed E-state index contributed by atoms with van der Waals surface area (Å²) >= 11 is 6.14. The molecule has 0 unspecified atom stereocenters. The number of hydrogen-bond acceptors (Lipinski definition) is 7. The van der Waals surface area contributed by atoms with Gasteiger partial charge in [-0.3, -0.25) is 0 Å². The maximum atomic E-state index is 13.4. The van der Waals surface area contributed by atoms with Gasteiger partial charge in [-0.05, 0) is 54.9 Å². The molecule has 0 N–H and O–H groups in total. The van der Waals surface area contributed by atoms with Gasteiger partial charge in [0.2, 0.25) is 5.28 Å². The van der Waals surface area contributed by atoms with E-state index in [2.05, 4.69) is 25.3 Å². The molecule has 2 aromatic carbocycles. The average molecular weight is 427 g/mol. The molecule has 0 aliphatic heterocycles. The zero-order chi connectivity index (χ0) is 20.9. The van der Waals surface area contributed by atoms with Gasteiger partial charge >= 0.3 is 6.01 Å². The fourth-order valence-electron chi connectivity index (χ4n) is 2.68.